The summed E-state index contributed by atoms with van der Waals surface area (Å²) in [6, 6.07) is 15.2. The van der Waals surface area contributed by atoms with Crippen LogP contribution < -0.4 is 20.9 Å². The number of benzene rings is 2. The van der Waals surface area contributed by atoms with Crippen LogP contribution in [0.3, 0.4) is 0 Å². The summed E-state index contributed by atoms with van der Waals surface area (Å²) in [6.45, 7) is 5.00. The Balaban J connectivity index is 1.49. The molecule has 1 aliphatic rings. The van der Waals surface area contributed by atoms with E-state index in [1.807, 2.05) is 25.1 Å². The van der Waals surface area contributed by atoms with E-state index >= 15 is 0 Å². The molecule has 3 rings (SSSR count). The van der Waals surface area contributed by atoms with Gasteiger partial charge >= 0.3 is 0 Å². The molecule has 6 nitrogen and oxygen atoms in total. The molecular weight excluding hydrogens is 364 g/mol. The summed E-state index contributed by atoms with van der Waals surface area (Å²) < 4.78 is 0. The van der Waals surface area contributed by atoms with Crippen LogP contribution in [0.5, 0.6) is 0 Å². The van der Waals surface area contributed by atoms with Crippen LogP contribution in [0.2, 0.25) is 0 Å². The highest BCUT2D eigenvalue weighted by atomic mass is 16.2. The van der Waals surface area contributed by atoms with Gasteiger partial charge in [0.25, 0.3) is 5.91 Å². The first-order valence-electron chi connectivity index (χ1n) is 10.4. The topological polar surface area (TPSA) is 73.5 Å². The molecule has 29 heavy (non-hydrogen) atoms. The molecule has 6 heteroatoms. The smallest absolute Gasteiger partial charge is 0.251 e. The predicted octanol–water partition coefficient (Wildman–Crippen LogP) is 3.87. The zero-order chi connectivity index (χ0) is 20.5. The molecular formula is C23H30N4O2. The molecule has 0 saturated carbocycles. The molecule has 0 spiro atoms. The van der Waals surface area contributed by atoms with Crippen molar-refractivity contribution in [2.75, 3.05) is 41.7 Å². The average molecular weight is 395 g/mol. The molecule has 1 saturated heterocycles. The standard InChI is InChI=1S/C23H30N4O2/c1-2-13-24-23(29)18-7-6-8-20(16-18)25-17-22(28)26-19-9-11-21(12-10-19)27-14-4-3-5-15-27/h6-12,16,25H,2-5,13-15,17H2,1H3,(H,24,29)(H,26,28). The normalized spacial score (nSPS) is 13.6. The highest BCUT2D eigenvalue weighted by Gasteiger charge is 2.11. The van der Waals surface area contributed by atoms with Gasteiger partial charge in [0.1, 0.15) is 0 Å². The number of anilines is 3. The van der Waals surface area contributed by atoms with Gasteiger partial charge in [-0.1, -0.05) is 13.0 Å². The van der Waals surface area contributed by atoms with Gasteiger partial charge in [0.15, 0.2) is 0 Å². The minimum atomic E-state index is -0.128. The summed E-state index contributed by atoms with van der Waals surface area (Å²) in [6.07, 6.45) is 4.68. The van der Waals surface area contributed by atoms with Gasteiger partial charge in [-0.25, -0.2) is 0 Å². The van der Waals surface area contributed by atoms with Crippen molar-refractivity contribution >= 4 is 28.9 Å². The van der Waals surface area contributed by atoms with Gasteiger partial charge in [0.2, 0.25) is 5.91 Å². The Bertz CT molecular complexity index is 814. The van der Waals surface area contributed by atoms with E-state index in [4.69, 9.17) is 0 Å². The van der Waals surface area contributed by atoms with Crippen LogP contribution in [0.15, 0.2) is 48.5 Å². The van der Waals surface area contributed by atoms with Gasteiger partial charge in [-0.3, -0.25) is 9.59 Å². The lowest BCUT2D eigenvalue weighted by Crippen LogP contribution is -2.29. The van der Waals surface area contributed by atoms with Gasteiger partial charge in [-0.15, -0.1) is 0 Å². The Morgan fingerprint density at radius 2 is 1.72 bits per heavy atom. The van der Waals surface area contributed by atoms with E-state index in [0.717, 1.165) is 30.9 Å². The van der Waals surface area contributed by atoms with Gasteiger partial charge in [-0.2, -0.15) is 0 Å². The maximum absolute atomic E-state index is 12.3. The Kier molecular flexibility index (Phi) is 7.50. The number of nitrogens with one attached hydrogen (secondary N) is 3. The van der Waals surface area contributed by atoms with Gasteiger partial charge in [0.05, 0.1) is 6.54 Å². The number of carbonyl (C=O) groups is 2. The average Bonchev–Trinajstić information content (AvgIpc) is 2.77. The van der Waals surface area contributed by atoms with Crippen molar-refractivity contribution in [2.24, 2.45) is 0 Å². The number of piperidine rings is 1. The second-order valence-electron chi connectivity index (χ2n) is 7.33. The van der Waals surface area contributed by atoms with Crippen LogP contribution in [0, 0.1) is 0 Å². The van der Waals surface area contributed by atoms with Gasteiger partial charge < -0.3 is 20.9 Å². The molecule has 154 valence electrons. The first kappa shape index (κ1) is 20.7. The molecule has 1 aliphatic heterocycles. The molecule has 0 aliphatic carbocycles. The van der Waals surface area contributed by atoms with Crippen molar-refractivity contribution in [2.45, 2.75) is 32.6 Å². The molecule has 2 aromatic carbocycles. The predicted molar refractivity (Wildman–Crippen MR) is 119 cm³/mol. The molecule has 0 unspecified atom stereocenters. The lowest BCUT2D eigenvalue weighted by molar-refractivity contribution is -0.114. The Morgan fingerprint density at radius 3 is 2.45 bits per heavy atom. The summed E-state index contributed by atoms with van der Waals surface area (Å²) in [7, 11) is 0. The molecule has 2 aromatic rings. The van der Waals surface area contributed by atoms with E-state index in [2.05, 4.69) is 33.0 Å². The SMILES string of the molecule is CCCNC(=O)c1cccc(NCC(=O)Nc2ccc(N3CCCCC3)cc2)c1. The second kappa shape index (κ2) is 10.5. The van der Waals surface area contributed by atoms with Gasteiger partial charge in [0, 0.05) is 42.3 Å². The Hall–Kier alpha value is -3.02. The lowest BCUT2D eigenvalue weighted by atomic mass is 10.1. The lowest BCUT2D eigenvalue weighted by Gasteiger charge is -2.28. The molecule has 0 aromatic heterocycles. The first-order chi connectivity index (χ1) is 14.2. The maximum Gasteiger partial charge on any atom is 0.251 e. The van der Waals surface area contributed by atoms with Crippen molar-refractivity contribution < 1.29 is 9.59 Å². The number of nitrogens with zero attached hydrogens (tertiary/aromatic N) is 1. The third kappa shape index (κ3) is 6.24. The number of hydrogen-bond donors (Lipinski definition) is 3. The second-order valence-corrected chi connectivity index (χ2v) is 7.33. The Morgan fingerprint density at radius 1 is 0.966 bits per heavy atom. The van der Waals surface area contributed by atoms with E-state index < -0.39 is 0 Å². The van der Waals surface area contributed by atoms with Crippen LogP contribution in [0.25, 0.3) is 0 Å². The third-order valence-electron chi connectivity index (χ3n) is 4.99. The van der Waals surface area contributed by atoms with Gasteiger partial charge in [-0.05, 0) is 68.1 Å². The molecule has 3 N–H and O–H groups in total. The molecule has 0 atom stereocenters. The van der Waals surface area contributed by atoms with Crippen molar-refractivity contribution in [3.05, 3.63) is 54.1 Å². The van der Waals surface area contributed by atoms with Crippen molar-refractivity contribution in [1.29, 1.82) is 0 Å². The zero-order valence-electron chi connectivity index (χ0n) is 17.0. The van der Waals surface area contributed by atoms with E-state index in [1.54, 1.807) is 18.2 Å². The van der Waals surface area contributed by atoms with Crippen molar-refractivity contribution in [3.8, 4) is 0 Å². The summed E-state index contributed by atoms with van der Waals surface area (Å²) in [5.41, 5.74) is 3.31. The van der Waals surface area contributed by atoms with E-state index in [9.17, 15) is 9.59 Å². The Labute approximate surface area is 172 Å². The quantitative estimate of drug-likeness (QED) is 0.636. The minimum absolute atomic E-state index is 0.103. The third-order valence-corrected chi connectivity index (χ3v) is 4.99. The van der Waals surface area contributed by atoms with Crippen LogP contribution >= 0.6 is 0 Å². The monoisotopic (exact) mass is 394 g/mol. The first-order valence-corrected chi connectivity index (χ1v) is 10.4. The van der Waals surface area contributed by atoms with Crippen molar-refractivity contribution in [3.63, 3.8) is 0 Å². The summed E-state index contributed by atoms with van der Waals surface area (Å²) in [5, 5.41) is 8.84. The number of rotatable bonds is 8. The van der Waals surface area contributed by atoms with E-state index in [1.165, 1.54) is 24.9 Å². The van der Waals surface area contributed by atoms with Crippen molar-refractivity contribution in [1.82, 2.24) is 5.32 Å². The largest absolute Gasteiger partial charge is 0.376 e. The fourth-order valence-electron chi connectivity index (χ4n) is 3.41. The number of hydrogen-bond acceptors (Lipinski definition) is 4. The van der Waals surface area contributed by atoms with Crippen LogP contribution in [-0.4, -0.2) is 38.0 Å². The molecule has 0 bridgehead atoms. The van der Waals surface area contributed by atoms with Crippen LogP contribution in [0.1, 0.15) is 43.0 Å². The molecule has 1 fully saturated rings. The van der Waals surface area contributed by atoms with Crippen LogP contribution in [0.4, 0.5) is 17.1 Å². The highest BCUT2D eigenvalue weighted by molar-refractivity contribution is 5.96. The number of amides is 2. The maximum atomic E-state index is 12.3. The minimum Gasteiger partial charge on any atom is -0.376 e. The highest BCUT2D eigenvalue weighted by Crippen LogP contribution is 2.21. The van der Waals surface area contributed by atoms with E-state index in [-0.39, 0.29) is 18.4 Å². The summed E-state index contributed by atoms with van der Waals surface area (Å²) in [5.74, 6) is -0.231. The fraction of sp³-hybridized carbons (Fsp3) is 0.391. The van der Waals surface area contributed by atoms with Crippen LogP contribution in [-0.2, 0) is 4.79 Å². The molecule has 2 amide bonds. The number of carbonyl (C=O) groups excluding carboxylic acids is 2. The zero-order valence-corrected chi connectivity index (χ0v) is 17.0. The summed E-state index contributed by atoms with van der Waals surface area (Å²) >= 11 is 0. The molecule has 1 heterocycles. The molecule has 0 radical (unpaired) electrons. The van der Waals surface area contributed by atoms with E-state index in [0.29, 0.717) is 12.1 Å². The summed E-state index contributed by atoms with van der Waals surface area (Å²) in [4.78, 5) is 26.7. The fourth-order valence-corrected chi connectivity index (χ4v) is 3.41.